The quantitative estimate of drug-likeness (QED) is 0.901. The maximum absolute atomic E-state index is 5.94. The Morgan fingerprint density at radius 3 is 3.00 bits per heavy atom. The second-order valence-electron chi connectivity index (χ2n) is 6.07. The van der Waals surface area contributed by atoms with E-state index < -0.39 is 0 Å². The van der Waals surface area contributed by atoms with Crippen molar-refractivity contribution >= 4 is 5.69 Å². The van der Waals surface area contributed by atoms with Crippen molar-refractivity contribution < 1.29 is 4.74 Å². The fourth-order valence-electron chi connectivity index (χ4n) is 2.88. The van der Waals surface area contributed by atoms with Gasteiger partial charge in [0, 0.05) is 43.3 Å². The lowest BCUT2D eigenvalue weighted by molar-refractivity contribution is 0.0375. The second-order valence-corrected chi connectivity index (χ2v) is 6.07. The summed E-state index contributed by atoms with van der Waals surface area (Å²) in [7, 11) is 0. The van der Waals surface area contributed by atoms with Crippen molar-refractivity contribution in [3.63, 3.8) is 0 Å². The van der Waals surface area contributed by atoms with Crippen LogP contribution >= 0.6 is 0 Å². The van der Waals surface area contributed by atoms with Gasteiger partial charge in [-0.25, -0.2) is 0 Å². The zero-order valence-corrected chi connectivity index (χ0v) is 12.0. The zero-order chi connectivity index (χ0) is 13.2. The number of nitrogens with one attached hydrogen (secondary N) is 1. The zero-order valence-electron chi connectivity index (χ0n) is 12.0. The largest absolute Gasteiger partial charge is 0.493 e. The molecule has 1 fully saturated rings. The molecule has 2 aliphatic rings. The molecule has 1 saturated heterocycles. The minimum absolute atomic E-state index is 0.671. The van der Waals surface area contributed by atoms with Crippen LogP contribution in [0.1, 0.15) is 25.8 Å². The predicted molar refractivity (Wildman–Crippen MR) is 78.9 cm³/mol. The van der Waals surface area contributed by atoms with Crippen LogP contribution in [0.4, 0.5) is 5.69 Å². The van der Waals surface area contributed by atoms with E-state index in [0.29, 0.717) is 12.0 Å². The third-order valence-corrected chi connectivity index (χ3v) is 4.22. The number of benzene rings is 1. The smallest absolute Gasteiger partial charge is 0.121 e. The molecule has 0 aromatic heterocycles. The average molecular weight is 260 g/mol. The number of hydrogen-bond acceptors (Lipinski definition) is 3. The van der Waals surface area contributed by atoms with Gasteiger partial charge in [0.15, 0.2) is 0 Å². The van der Waals surface area contributed by atoms with Crippen LogP contribution in [-0.2, 0) is 6.42 Å². The maximum atomic E-state index is 5.94. The lowest BCUT2D eigenvalue weighted by atomic mass is 9.99. The molecule has 1 aromatic carbocycles. The maximum Gasteiger partial charge on any atom is 0.121 e. The van der Waals surface area contributed by atoms with Gasteiger partial charge >= 0.3 is 0 Å². The van der Waals surface area contributed by atoms with Crippen LogP contribution in [-0.4, -0.2) is 37.2 Å². The summed E-state index contributed by atoms with van der Waals surface area (Å²) in [4.78, 5) is 2.49. The van der Waals surface area contributed by atoms with E-state index in [9.17, 15) is 0 Å². The van der Waals surface area contributed by atoms with Crippen LogP contribution in [0.15, 0.2) is 18.2 Å². The number of hydrogen-bond donors (Lipinski definition) is 1. The Bertz CT molecular complexity index is 438. The molecule has 0 radical (unpaired) electrons. The molecule has 3 rings (SSSR count). The van der Waals surface area contributed by atoms with Crippen molar-refractivity contribution in [2.45, 2.75) is 32.7 Å². The second kappa shape index (κ2) is 5.41. The van der Waals surface area contributed by atoms with Gasteiger partial charge in [-0.3, -0.25) is 0 Å². The third-order valence-electron chi connectivity index (χ3n) is 4.22. The van der Waals surface area contributed by atoms with Gasteiger partial charge in [0.05, 0.1) is 6.61 Å². The number of nitrogens with zero attached hydrogens (tertiary/aromatic N) is 1. The monoisotopic (exact) mass is 260 g/mol. The van der Waals surface area contributed by atoms with Crippen LogP contribution < -0.4 is 10.1 Å². The Hall–Kier alpha value is -1.22. The highest BCUT2D eigenvalue weighted by atomic mass is 16.5. The number of anilines is 1. The Kier molecular flexibility index (Phi) is 3.65. The van der Waals surface area contributed by atoms with Gasteiger partial charge < -0.3 is 15.0 Å². The molecular weight excluding hydrogens is 236 g/mol. The Labute approximate surface area is 115 Å². The fraction of sp³-hybridized carbons (Fsp3) is 0.625. The first kappa shape index (κ1) is 12.8. The molecule has 3 nitrogen and oxygen atoms in total. The van der Waals surface area contributed by atoms with Gasteiger partial charge in [-0.15, -0.1) is 0 Å². The topological polar surface area (TPSA) is 24.5 Å². The summed E-state index contributed by atoms with van der Waals surface area (Å²) in [5.74, 6) is 1.71. The van der Waals surface area contributed by atoms with Gasteiger partial charge in [-0.1, -0.05) is 6.07 Å². The van der Waals surface area contributed by atoms with Crippen molar-refractivity contribution in [3.05, 3.63) is 23.8 Å². The molecule has 0 aliphatic carbocycles. The van der Waals surface area contributed by atoms with Gasteiger partial charge in [-0.2, -0.15) is 0 Å². The van der Waals surface area contributed by atoms with Crippen molar-refractivity contribution in [2.75, 3.05) is 31.6 Å². The van der Waals surface area contributed by atoms with Gasteiger partial charge in [0.1, 0.15) is 5.75 Å². The van der Waals surface area contributed by atoms with Crippen molar-refractivity contribution in [3.8, 4) is 5.75 Å². The third kappa shape index (κ3) is 2.86. The molecule has 1 aromatic rings. The molecule has 2 aliphatic heterocycles. The van der Waals surface area contributed by atoms with E-state index in [4.69, 9.17) is 4.74 Å². The number of ether oxygens (including phenoxy) is 1. The van der Waals surface area contributed by atoms with E-state index in [1.807, 2.05) is 0 Å². The molecule has 104 valence electrons. The van der Waals surface area contributed by atoms with Crippen molar-refractivity contribution in [1.82, 2.24) is 4.90 Å². The summed E-state index contributed by atoms with van der Waals surface area (Å²) in [6.45, 7) is 8.81. The highest BCUT2D eigenvalue weighted by Gasteiger charge is 2.28. The number of likely N-dealkylation sites (tertiary alicyclic amines) is 1. The molecule has 0 spiro atoms. The first-order chi connectivity index (χ1) is 9.22. The summed E-state index contributed by atoms with van der Waals surface area (Å²) in [6.07, 6.45) is 2.43. The Morgan fingerprint density at radius 2 is 2.21 bits per heavy atom. The molecule has 2 heterocycles. The number of fused-ring (bicyclic) bond motifs is 1. The van der Waals surface area contributed by atoms with E-state index in [-0.39, 0.29) is 0 Å². The molecule has 0 unspecified atom stereocenters. The lowest BCUT2D eigenvalue weighted by Crippen LogP contribution is -2.52. The molecule has 3 heteroatoms. The van der Waals surface area contributed by atoms with Crippen molar-refractivity contribution in [2.24, 2.45) is 5.92 Å². The molecule has 19 heavy (non-hydrogen) atoms. The normalized spacial score (nSPS) is 19.7. The summed E-state index contributed by atoms with van der Waals surface area (Å²) < 4.78 is 5.94. The predicted octanol–water partition coefficient (Wildman–Crippen LogP) is 2.76. The van der Waals surface area contributed by atoms with Crippen LogP contribution in [0, 0.1) is 5.92 Å². The highest BCUT2D eigenvalue weighted by molar-refractivity contribution is 5.56. The van der Waals surface area contributed by atoms with E-state index >= 15 is 0 Å². The van der Waals surface area contributed by atoms with E-state index in [2.05, 4.69) is 42.3 Å². The van der Waals surface area contributed by atoms with Gasteiger partial charge in [0.2, 0.25) is 0 Å². The van der Waals surface area contributed by atoms with E-state index in [1.165, 1.54) is 37.2 Å². The molecule has 1 N–H and O–H groups in total. The Morgan fingerprint density at radius 1 is 1.37 bits per heavy atom. The molecule has 0 atom stereocenters. The fourth-order valence-corrected chi connectivity index (χ4v) is 2.88. The minimum atomic E-state index is 0.671. The highest BCUT2D eigenvalue weighted by Crippen LogP contribution is 2.27. The van der Waals surface area contributed by atoms with Gasteiger partial charge in [0.25, 0.3) is 0 Å². The molecular formula is C16H24N2O. The summed E-state index contributed by atoms with van der Waals surface area (Å²) in [6, 6.07) is 7.15. The standard InChI is InChI=1S/C16H24N2O/c1-12(2)18-9-13(10-18)11-19-15-6-5-14-4-3-7-17-16(14)8-15/h5-6,8,12-13,17H,3-4,7,9-11H2,1-2H3. The van der Waals surface area contributed by atoms with Gasteiger partial charge in [-0.05, 0) is 38.3 Å². The minimum Gasteiger partial charge on any atom is -0.493 e. The van der Waals surface area contributed by atoms with Crippen LogP contribution in [0.2, 0.25) is 0 Å². The molecule has 0 amide bonds. The van der Waals surface area contributed by atoms with Crippen LogP contribution in [0.3, 0.4) is 0 Å². The van der Waals surface area contributed by atoms with E-state index in [1.54, 1.807) is 0 Å². The first-order valence-electron chi connectivity index (χ1n) is 7.46. The summed E-state index contributed by atoms with van der Waals surface area (Å²) in [5.41, 5.74) is 2.69. The average Bonchev–Trinajstić information content (AvgIpc) is 2.36. The number of rotatable bonds is 4. The lowest BCUT2D eigenvalue weighted by Gasteiger charge is -2.41. The molecule has 0 bridgehead atoms. The Balaban J connectivity index is 1.51. The first-order valence-corrected chi connectivity index (χ1v) is 7.46. The molecule has 0 saturated carbocycles. The van der Waals surface area contributed by atoms with Crippen molar-refractivity contribution in [1.29, 1.82) is 0 Å². The summed E-state index contributed by atoms with van der Waals surface area (Å²) in [5, 5.41) is 3.45. The van der Waals surface area contributed by atoms with Crippen LogP contribution in [0.25, 0.3) is 0 Å². The van der Waals surface area contributed by atoms with Crippen LogP contribution in [0.5, 0.6) is 5.75 Å². The SMILES string of the molecule is CC(C)N1CC(COc2ccc3c(c2)NCCC3)C1. The number of aryl methyl sites for hydroxylation is 1. The van der Waals surface area contributed by atoms with E-state index in [0.717, 1.165) is 18.9 Å². The summed E-state index contributed by atoms with van der Waals surface area (Å²) >= 11 is 0.